The number of ketones is 1. The van der Waals surface area contributed by atoms with E-state index in [1.54, 1.807) is 37.3 Å². The highest BCUT2D eigenvalue weighted by molar-refractivity contribution is 6.51. The molecule has 0 aromatic heterocycles. The van der Waals surface area contributed by atoms with Gasteiger partial charge in [-0.2, -0.15) is 0 Å². The van der Waals surface area contributed by atoms with Crippen LogP contribution in [-0.2, 0) is 14.3 Å². The Morgan fingerprint density at radius 1 is 0.943 bits per heavy atom. The minimum absolute atomic E-state index is 0.0347. The molecule has 0 bridgehead atoms. The standard InChI is InChI=1S/C29H27NO5/c1-5-35-29(34)20-12-14-21(15-13-20)30-25(22-9-7-6-8-18(22)3)24(27(32)28(30)33)26(31)23-16-17(2)10-11-19(23)4/h6-16,25,31H,5H2,1-4H3/b26-24+. The second-order valence-corrected chi connectivity index (χ2v) is 8.61. The molecule has 4 rings (SSSR count). The minimum atomic E-state index is -0.829. The number of anilines is 1. The molecule has 0 radical (unpaired) electrons. The number of rotatable bonds is 5. The Hall–Kier alpha value is -4.19. The molecule has 3 aromatic rings. The molecule has 1 unspecified atom stereocenters. The van der Waals surface area contributed by atoms with E-state index in [-0.39, 0.29) is 17.9 Å². The number of Topliss-reactive ketones (excluding diaryl/α,β-unsaturated/α-hetero) is 1. The fourth-order valence-electron chi connectivity index (χ4n) is 4.40. The lowest BCUT2D eigenvalue weighted by atomic mass is 9.91. The molecule has 1 aliphatic rings. The summed E-state index contributed by atoms with van der Waals surface area (Å²) >= 11 is 0. The highest BCUT2D eigenvalue weighted by atomic mass is 16.5. The van der Waals surface area contributed by atoms with E-state index < -0.39 is 23.7 Å². The van der Waals surface area contributed by atoms with Gasteiger partial charge in [0.1, 0.15) is 5.76 Å². The van der Waals surface area contributed by atoms with Crippen LogP contribution in [-0.4, -0.2) is 29.4 Å². The zero-order valence-corrected chi connectivity index (χ0v) is 20.2. The first-order valence-electron chi connectivity index (χ1n) is 11.5. The maximum Gasteiger partial charge on any atom is 0.338 e. The molecule has 0 aliphatic carbocycles. The van der Waals surface area contributed by atoms with Crippen LogP contribution in [0.4, 0.5) is 5.69 Å². The molecule has 6 heteroatoms. The normalized spacial score (nSPS) is 17.0. The van der Waals surface area contributed by atoms with Crippen molar-refractivity contribution in [2.24, 2.45) is 0 Å². The van der Waals surface area contributed by atoms with Crippen molar-refractivity contribution in [1.29, 1.82) is 0 Å². The number of benzene rings is 3. The Kier molecular flexibility index (Phi) is 6.56. The van der Waals surface area contributed by atoms with Gasteiger partial charge in [0.05, 0.1) is 23.8 Å². The van der Waals surface area contributed by atoms with E-state index in [9.17, 15) is 19.5 Å². The molecule has 1 aliphatic heterocycles. The zero-order valence-electron chi connectivity index (χ0n) is 20.2. The van der Waals surface area contributed by atoms with Crippen molar-refractivity contribution in [3.63, 3.8) is 0 Å². The molecule has 1 fully saturated rings. The quantitative estimate of drug-likeness (QED) is 0.234. The fraction of sp³-hybridized carbons (Fsp3) is 0.207. The van der Waals surface area contributed by atoms with Gasteiger partial charge in [0.25, 0.3) is 11.7 Å². The largest absolute Gasteiger partial charge is 0.507 e. The van der Waals surface area contributed by atoms with Gasteiger partial charge in [0, 0.05) is 11.3 Å². The predicted molar refractivity (Wildman–Crippen MR) is 134 cm³/mol. The summed E-state index contributed by atoms with van der Waals surface area (Å²) in [7, 11) is 0. The van der Waals surface area contributed by atoms with Crippen molar-refractivity contribution in [2.45, 2.75) is 33.7 Å². The number of hydrogen-bond acceptors (Lipinski definition) is 5. The van der Waals surface area contributed by atoms with Crippen LogP contribution in [0.1, 0.15) is 51.1 Å². The Bertz CT molecular complexity index is 1350. The third kappa shape index (κ3) is 4.35. The van der Waals surface area contributed by atoms with Crippen LogP contribution in [0.15, 0.2) is 72.3 Å². The third-order valence-corrected chi connectivity index (χ3v) is 6.23. The second kappa shape index (κ2) is 9.58. The molecule has 0 spiro atoms. The van der Waals surface area contributed by atoms with Crippen LogP contribution in [0.2, 0.25) is 0 Å². The smallest absolute Gasteiger partial charge is 0.338 e. The molecule has 35 heavy (non-hydrogen) atoms. The van der Waals surface area contributed by atoms with Gasteiger partial charge in [0.2, 0.25) is 0 Å². The number of aliphatic hydroxyl groups excluding tert-OH is 1. The van der Waals surface area contributed by atoms with Crippen molar-refractivity contribution in [3.8, 4) is 0 Å². The third-order valence-electron chi connectivity index (χ3n) is 6.23. The Labute approximate surface area is 204 Å². The summed E-state index contributed by atoms with van der Waals surface area (Å²) in [6, 6.07) is 18.6. The van der Waals surface area contributed by atoms with Gasteiger partial charge >= 0.3 is 5.97 Å². The lowest BCUT2D eigenvalue weighted by molar-refractivity contribution is -0.132. The molecule has 0 saturated carbocycles. The van der Waals surface area contributed by atoms with Crippen LogP contribution in [0.5, 0.6) is 0 Å². The molecule has 6 nitrogen and oxygen atoms in total. The molecule has 178 valence electrons. The monoisotopic (exact) mass is 469 g/mol. The molecule has 1 heterocycles. The lowest BCUT2D eigenvalue weighted by Crippen LogP contribution is -2.29. The van der Waals surface area contributed by atoms with Crippen LogP contribution in [0.3, 0.4) is 0 Å². The molecule has 1 amide bonds. The Morgan fingerprint density at radius 3 is 2.29 bits per heavy atom. The summed E-state index contributed by atoms with van der Waals surface area (Å²) in [6.45, 7) is 7.63. The van der Waals surface area contributed by atoms with Gasteiger partial charge in [-0.25, -0.2) is 4.79 Å². The second-order valence-electron chi connectivity index (χ2n) is 8.61. The van der Waals surface area contributed by atoms with Gasteiger partial charge in [-0.3, -0.25) is 14.5 Å². The maximum atomic E-state index is 13.4. The van der Waals surface area contributed by atoms with Crippen LogP contribution >= 0.6 is 0 Å². The van der Waals surface area contributed by atoms with E-state index in [4.69, 9.17) is 4.74 Å². The summed E-state index contributed by atoms with van der Waals surface area (Å²) in [6.07, 6.45) is 0. The average molecular weight is 470 g/mol. The van der Waals surface area contributed by atoms with Crippen molar-refractivity contribution < 1.29 is 24.2 Å². The molecule has 1 N–H and O–H groups in total. The maximum absolute atomic E-state index is 13.4. The number of nitrogens with zero attached hydrogens (tertiary/aromatic N) is 1. The number of hydrogen-bond donors (Lipinski definition) is 1. The summed E-state index contributed by atoms with van der Waals surface area (Å²) in [4.78, 5) is 40.2. The van der Waals surface area contributed by atoms with E-state index >= 15 is 0 Å². The van der Waals surface area contributed by atoms with Crippen molar-refractivity contribution >= 4 is 29.1 Å². The highest BCUT2D eigenvalue weighted by Gasteiger charge is 2.47. The van der Waals surface area contributed by atoms with E-state index in [1.165, 1.54) is 4.90 Å². The van der Waals surface area contributed by atoms with Gasteiger partial charge in [-0.05, 0) is 74.7 Å². The molecule has 3 aromatic carbocycles. The predicted octanol–water partition coefficient (Wildman–Crippen LogP) is 5.41. The summed E-state index contributed by atoms with van der Waals surface area (Å²) in [5.41, 5.74) is 4.65. The first-order valence-corrected chi connectivity index (χ1v) is 11.5. The van der Waals surface area contributed by atoms with Crippen LogP contribution < -0.4 is 4.90 Å². The molecular formula is C29H27NO5. The number of esters is 1. The SMILES string of the molecule is CCOC(=O)c1ccc(N2C(=O)C(=O)/C(=C(/O)c3cc(C)ccc3C)C2c2ccccc2C)cc1. The summed E-state index contributed by atoms with van der Waals surface area (Å²) in [5.74, 6) is -2.17. The van der Waals surface area contributed by atoms with E-state index in [0.717, 1.165) is 22.3 Å². The van der Waals surface area contributed by atoms with Crippen molar-refractivity contribution in [2.75, 3.05) is 11.5 Å². The average Bonchev–Trinajstić information content (AvgIpc) is 3.11. The Balaban J connectivity index is 1.91. The highest BCUT2D eigenvalue weighted by Crippen LogP contribution is 2.43. The van der Waals surface area contributed by atoms with Gasteiger partial charge in [0.15, 0.2) is 0 Å². The van der Waals surface area contributed by atoms with E-state index in [2.05, 4.69) is 0 Å². The molecular weight excluding hydrogens is 442 g/mol. The summed E-state index contributed by atoms with van der Waals surface area (Å²) in [5, 5.41) is 11.4. The summed E-state index contributed by atoms with van der Waals surface area (Å²) < 4.78 is 5.04. The topological polar surface area (TPSA) is 83.9 Å². The minimum Gasteiger partial charge on any atom is -0.507 e. The number of aryl methyl sites for hydroxylation is 3. The zero-order chi connectivity index (χ0) is 25.3. The van der Waals surface area contributed by atoms with Crippen molar-refractivity contribution in [3.05, 3.63) is 106 Å². The fourth-order valence-corrected chi connectivity index (χ4v) is 4.40. The number of carbonyl (C=O) groups excluding carboxylic acids is 3. The Morgan fingerprint density at radius 2 is 1.63 bits per heavy atom. The number of carbonyl (C=O) groups is 3. The molecule has 1 saturated heterocycles. The van der Waals surface area contributed by atoms with Gasteiger partial charge in [-0.15, -0.1) is 0 Å². The van der Waals surface area contributed by atoms with Gasteiger partial charge < -0.3 is 9.84 Å². The van der Waals surface area contributed by atoms with Crippen LogP contribution in [0, 0.1) is 20.8 Å². The van der Waals surface area contributed by atoms with Gasteiger partial charge in [-0.1, -0.05) is 42.0 Å². The van der Waals surface area contributed by atoms with E-state index in [1.807, 2.05) is 57.2 Å². The number of ether oxygens (including phenoxy) is 1. The first kappa shape index (κ1) is 24.0. The number of aliphatic hydroxyl groups is 1. The number of amides is 1. The van der Waals surface area contributed by atoms with Crippen LogP contribution in [0.25, 0.3) is 5.76 Å². The lowest BCUT2D eigenvalue weighted by Gasteiger charge is -2.27. The first-order chi connectivity index (χ1) is 16.7. The van der Waals surface area contributed by atoms with Crippen molar-refractivity contribution in [1.82, 2.24) is 0 Å². The molecule has 1 atom stereocenters. The van der Waals surface area contributed by atoms with E-state index in [0.29, 0.717) is 16.8 Å².